The van der Waals surface area contributed by atoms with Crippen molar-refractivity contribution < 1.29 is 14.7 Å². The molecular formula is C12H21NO3. The zero-order valence-electron chi connectivity index (χ0n) is 10.3. The second-order valence-electron chi connectivity index (χ2n) is 5.10. The molecule has 0 aliphatic carbocycles. The van der Waals surface area contributed by atoms with Gasteiger partial charge in [0.15, 0.2) is 0 Å². The highest BCUT2D eigenvalue weighted by Crippen LogP contribution is 2.27. The van der Waals surface area contributed by atoms with Gasteiger partial charge in [-0.1, -0.05) is 13.8 Å². The smallest absolute Gasteiger partial charge is 0.326 e. The lowest BCUT2D eigenvalue weighted by Gasteiger charge is -2.37. The number of carbonyl (C=O) groups is 2. The highest BCUT2D eigenvalue weighted by atomic mass is 16.4. The van der Waals surface area contributed by atoms with Crippen LogP contribution in [0.2, 0.25) is 0 Å². The van der Waals surface area contributed by atoms with E-state index in [4.69, 9.17) is 5.11 Å². The van der Waals surface area contributed by atoms with Crippen LogP contribution in [0.15, 0.2) is 0 Å². The van der Waals surface area contributed by atoms with Crippen LogP contribution in [-0.2, 0) is 9.59 Å². The van der Waals surface area contributed by atoms with Crippen molar-refractivity contribution in [2.45, 2.75) is 46.1 Å². The molecule has 4 nitrogen and oxygen atoms in total. The topological polar surface area (TPSA) is 57.6 Å². The maximum absolute atomic E-state index is 11.4. The average Bonchev–Trinajstić information content (AvgIpc) is 2.16. The average molecular weight is 227 g/mol. The monoisotopic (exact) mass is 227 g/mol. The molecule has 4 heteroatoms. The number of carbonyl (C=O) groups excluding carboxylic acids is 1. The number of hydrogen-bond acceptors (Lipinski definition) is 2. The van der Waals surface area contributed by atoms with Crippen molar-refractivity contribution in [3.8, 4) is 0 Å². The van der Waals surface area contributed by atoms with Crippen LogP contribution in [-0.4, -0.2) is 34.5 Å². The second-order valence-corrected chi connectivity index (χ2v) is 5.10. The van der Waals surface area contributed by atoms with Gasteiger partial charge < -0.3 is 10.0 Å². The minimum absolute atomic E-state index is 0.124. The highest BCUT2D eigenvalue weighted by molar-refractivity contribution is 5.82. The summed E-state index contributed by atoms with van der Waals surface area (Å²) in [7, 11) is 0. The van der Waals surface area contributed by atoms with Gasteiger partial charge in [-0.3, -0.25) is 4.79 Å². The Balaban J connectivity index is 2.65. The normalized spacial score (nSPS) is 25.9. The summed E-state index contributed by atoms with van der Waals surface area (Å²) >= 11 is 0. The molecule has 0 aromatic rings. The SMILES string of the molecule is CC(=O)N1CC(CC(C)C)CCC1C(=O)O. The molecule has 1 heterocycles. The summed E-state index contributed by atoms with van der Waals surface area (Å²) in [5, 5.41) is 9.03. The predicted octanol–water partition coefficient (Wildman–Crippen LogP) is 1.74. The van der Waals surface area contributed by atoms with Crippen molar-refractivity contribution >= 4 is 11.9 Å². The summed E-state index contributed by atoms with van der Waals surface area (Å²) in [4.78, 5) is 23.9. The quantitative estimate of drug-likeness (QED) is 0.799. The number of carboxylic acid groups (broad SMARTS) is 1. The first-order valence-corrected chi connectivity index (χ1v) is 5.91. The number of carboxylic acids is 1. The third kappa shape index (κ3) is 3.22. The van der Waals surface area contributed by atoms with E-state index in [1.54, 1.807) is 0 Å². The van der Waals surface area contributed by atoms with Crippen molar-refractivity contribution in [3.05, 3.63) is 0 Å². The van der Waals surface area contributed by atoms with E-state index in [1.165, 1.54) is 11.8 Å². The molecule has 1 aliphatic heterocycles. The minimum Gasteiger partial charge on any atom is -0.480 e. The highest BCUT2D eigenvalue weighted by Gasteiger charge is 2.34. The van der Waals surface area contributed by atoms with Gasteiger partial charge in [0.25, 0.3) is 0 Å². The van der Waals surface area contributed by atoms with Crippen LogP contribution in [0.4, 0.5) is 0 Å². The van der Waals surface area contributed by atoms with Crippen molar-refractivity contribution in [3.63, 3.8) is 0 Å². The third-order valence-corrected chi connectivity index (χ3v) is 3.17. The third-order valence-electron chi connectivity index (χ3n) is 3.17. The van der Waals surface area contributed by atoms with Gasteiger partial charge in [-0.2, -0.15) is 0 Å². The van der Waals surface area contributed by atoms with Crippen molar-refractivity contribution in [1.82, 2.24) is 4.90 Å². The Morgan fingerprint density at radius 2 is 2.00 bits per heavy atom. The number of aliphatic carboxylic acids is 1. The Labute approximate surface area is 96.6 Å². The maximum atomic E-state index is 11.4. The number of amides is 1. The molecule has 1 amide bonds. The number of hydrogen-bond donors (Lipinski definition) is 1. The first-order chi connectivity index (χ1) is 7.41. The summed E-state index contributed by atoms with van der Waals surface area (Å²) in [6, 6.07) is -0.610. The Kier molecular flexibility index (Phi) is 4.33. The molecule has 2 atom stereocenters. The Morgan fingerprint density at radius 3 is 2.44 bits per heavy atom. The maximum Gasteiger partial charge on any atom is 0.326 e. The van der Waals surface area contributed by atoms with Crippen LogP contribution in [0.3, 0.4) is 0 Å². The van der Waals surface area contributed by atoms with Crippen molar-refractivity contribution in [1.29, 1.82) is 0 Å². The largest absolute Gasteiger partial charge is 0.480 e. The Morgan fingerprint density at radius 1 is 1.38 bits per heavy atom. The van der Waals surface area contributed by atoms with Gasteiger partial charge in [0, 0.05) is 13.5 Å². The van der Waals surface area contributed by atoms with Crippen molar-refractivity contribution in [2.24, 2.45) is 11.8 Å². The van der Waals surface area contributed by atoms with E-state index >= 15 is 0 Å². The van der Waals surface area contributed by atoms with E-state index in [-0.39, 0.29) is 5.91 Å². The summed E-state index contributed by atoms with van der Waals surface area (Å²) in [6.07, 6.45) is 2.57. The van der Waals surface area contributed by atoms with Crippen LogP contribution in [0.5, 0.6) is 0 Å². The lowest BCUT2D eigenvalue weighted by Crippen LogP contribution is -2.50. The van der Waals surface area contributed by atoms with Gasteiger partial charge in [0.2, 0.25) is 5.91 Å². The fraction of sp³-hybridized carbons (Fsp3) is 0.833. The number of piperidine rings is 1. The number of likely N-dealkylation sites (tertiary alicyclic amines) is 1. The molecule has 0 aromatic heterocycles. The van der Waals surface area contributed by atoms with E-state index in [0.29, 0.717) is 24.8 Å². The van der Waals surface area contributed by atoms with Gasteiger partial charge >= 0.3 is 5.97 Å². The fourth-order valence-electron chi connectivity index (χ4n) is 2.51. The molecule has 0 spiro atoms. The summed E-state index contributed by atoms with van der Waals surface area (Å²) in [5.41, 5.74) is 0. The van der Waals surface area contributed by atoms with E-state index in [0.717, 1.165) is 12.8 Å². The molecule has 1 aliphatic rings. The molecular weight excluding hydrogens is 206 g/mol. The van der Waals surface area contributed by atoms with E-state index in [2.05, 4.69) is 13.8 Å². The molecule has 0 bridgehead atoms. The molecule has 0 aromatic carbocycles. The lowest BCUT2D eigenvalue weighted by molar-refractivity contribution is -0.152. The molecule has 1 saturated heterocycles. The van der Waals surface area contributed by atoms with Crippen LogP contribution < -0.4 is 0 Å². The van der Waals surface area contributed by atoms with Gasteiger partial charge in [0.1, 0.15) is 6.04 Å². The molecule has 0 radical (unpaired) electrons. The molecule has 16 heavy (non-hydrogen) atoms. The standard InChI is InChI=1S/C12H21NO3/c1-8(2)6-10-4-5-11(12(15)16)13(7-10)9(3)14/h8,10-11H,4-7H2,1-3H3,(H,15,16). The van der Waals surface area contributed by atoms with E-state index in [1.807, 2.05) is 0 Å². The number of nitrogens with zero attached hydrogens (tertiary/aromatic N) is 1. The molecule has 1 fully saturated rings. The van der Waals surface area contributed by atoms with Crippen LogP contribution in [0.25, 0.3) is 0 Å². The summed E-state index contributed by atoms with van der Waals surface area (Å²) in [5.74, 6) is 0.0544. The minimum atomic E-state index is -0.877. The van der Waals surface area contributed by atoms with Gasteiger partial charge in [-0.05, 0) is 31.1 Å². The fourth-order valence-corrected chi connectivity index (χ4v) is 2.51. The van der Waals surface area contributed by atoms with Gasteiger partial charge in [-0.15, -0.1) is 0 Å². The Hall–Kier alpha value is -1.06. The van der Waals surface area contributed by atoms with Gasteiger partial charge in [0.05, 0.1) is 0 Å². The summed E-state index contributed by atoms with van der Waals surface area (Å²) in [6.45, 7) is 6.36. The van der Waals surface area contributed by atoms with Crippen LogP contribution >= 0.6 is 0 Å². The molecule has 92 valence electrons. The van der Waals surface area contributed by atoms with Crippen LogP contribution in [0.1, 0.15) is 40.0 Å². The van der Waals surface area contributed by atoms with Crippen LogP contribution in [0, 0.1) is 11.8 Å². The molecule has 1 rings (SSSR count). The van der Waals surface area contributed by atoms with Crippen molar-refractivity contribution in [2.75, 3.05) is 6.54 Å². The predicted molar refractivity (Wildman–Crippen MR) is 61.0 cm³/mol. The first-order valence-electron chi connectivity index (χ1n) is 5.91. The second kappa shape index (κ2) is 5.32. The molecule has 2 unspecified atom stereocenters. The summed E-state index contributed by atoms with van der Waals surface area (Å²) < 4.78 is 0. The Bertz CT molecular complexity index is 275. The first kappa shape index (κ1) is 13.0. The van der Waals surface area contributed by atoms with E-state index in [9.17, 15) is 9.59 Å². The zero-order chi connectivity index (χ0) is 12.3. The number of rotatable bonds is 3. The lowest BCUT2D eigenvalue weighted by atomic mass is 9.86. The zero-order valence-corrected chi connectivity index (χ0v) is 10.3. The van der Waals surface area contributed by atoms with Gasteiger partial charge in [-0.25, -0.2) is 4.79 Å². The van der Waals surface area contributed by atoms with E-state index < -0.39 is 12.0 Å². The molecule has 0 saturated carbocycles. The molecule has 1 N–H and O–H groups in total.